The molecule has 0 saturated carbocycles. The molecular weight excluding hydrogens is 478 g/mol. The predicted octanol–water partition coefficient (Wildman–Crippen LogP) is 5.70. The Morgan fingerprint density at radius 1 is 1.11 bits per heavy atom. The zero-order valence-electron chi connectivity index (χ0n) is 19.5. The predicted molar refractivity (Wildman–Crippen MR) is 138 cm³/mol. The van der Waals surface area contributed by atoms with Gasteiger partial charge < -0.3 is 5.11 Å². The fraction of sp³-hybridized carbons (Fsp3) is 0.148. The van der Waals surface area contributed by atoms with Gasteiger partial charge in [0.15, 0.2) is 5.13 Å². The van der Waals surface area contributed by atoms with Crippen molar-refractivity contribution in [1.29, 1.82) is 0 Å². The first-order valence-corrected chi connectivity index (χ1v) is 12.1. The number of nitrogens with zero attached hydrogens (tertiary/aromatic N) is 3. The van der Waals surface area contributed by atoms with Gasteiger partial charge in [0.2, 0.25) is 0 Å². The van der Waals surface area contributed by atoms with Crippen molar-refractivity contribution in [2.24, 2.45) is 0 Å². The average molecular weight is 500 g/mol. The zero-order valence-corrected chi connectivity index (χ0v) is 20.3. The lowest BCUT2D eigenvalue weighted by Crippen LogP contribution is -2.29. The van der Waals surface area contributed by atoms with Gasteiger partial charge in [-0.15, -0.1) is 0 Å². The highest BCUT2D eigenvalue weighted by Crippen LogP contribution is 2.44. The first kappa shape index (κ1) is 23.4. The third kappa shape index (κ3) is 3.93. The molecule has 3 aromatic carbocycles. The van der Waals surface area contributed by atoms with Gasteiger partial charge in [-0.05, 0) is 36.6 Å². The van der Waals surface area contributed by atoms with Gasteiger partial charge in [-0.2, -0.15) is 0 Å². The van der Waals surface area contributed by atoms with E-state index in [1.807, 2.05) is 50.2 Å². The van der Waals surface area contributed by atoms with Crippen LogP contribution >= 0.6 is 11.3 Å². The summed E-state index contributed by atoms with van der Waals surface area (Å²) in [6.45, 7) is 3.94. The minimum Gasteiger partial charge on any atom is -0.507 e. The van der Waals surface area contributed by atoms with Crippen molar-refractivity contribution in [2.75, 3.05) is 4.90 Å². The SMILES string of the molecule is CCc1ccc2nc(N3C(=O)C(=O)/C(=C(/O)c4cccc([N+](=O)[O-])c4)C3c3cccc(C)c3)sc2c1. The van der Waals surface area contributed by atoms with Crippen molar-refractivity contribution < 1.29 is 19.6 Å². The Hall–Kier alpha value is -4.37. The van der Waals surface area contributed by atoms with Gasteiger partial charge >= 0.3 is 5.91 Å². The van der Waals surface area contributed by atoms with Crippen LogP contribution in [0, 0.1) is 17.0 Å². The summed E-state index contributed by atoms with van der Waals surface area (Å²) in [4.78, 5) is 43.4. The average Bonchev–Trinajstić information content (AvgIpc) is 3.41. The van der Waals surface area contributed by atoms with E-state index in [0.717, 1.165) is 22.2 Å². The minimum atomic E-state index is -0.949. The van der Waals surface area contributed by atoms with Crippen LogP contribution in [-0.4, -0.2) is 26.7 Å². The molecule has 1 aliphatic rings. The molecular formula is C27H21N3O5S. The molecule has 1 aromatic heterocycles. The highest BCUT2D eigenvalue weighted by Gasteiger charge is 2.48. The molecule has 0 radical (unpaired) electrons. The highest BCUT2D eigenvalue weighted by atomic mass is 32.1. The summed E-state index contributed by atoms with van der Waals surface area (Å²) in [7, 11) is 0. The number of aliphatic hydroxyl groups is 1. The molecule has 0 bridgehead atoms. The Bertz CT molecular complexity index is 1590. The lowest BCUT2D eigenvalue weighted by molar-refractivity contribution is -0.384. The summed E-state index contributed by atoms with van der Waals surface area (Å²) in [5, 5.41) is 22.8. The number of Topliss-reactive ketones (excluding diaryl/α,β-unsaturated/α-hetero) is 1. The Morgan fingerprint density at radius 3 is 2.61 bits per heavy atom. The molecule has 2 heterocycles. The van der Waals surface area contributed by atoms with Crippen molar-refractivity contribution in [3.63, 3.8) is 0 Å². The van der Waals surface area contributed by atoms with E-state index in [0.29, 0.717) is 16.2 Å². The number of non-ortho nitro benzene ring substituents is 1. The number of hydrogen-bond acceptors (Lipinski definition) is 7. The van der Waals surface area contributed by atoms with E-state index in [-0.39, 0.29) is 16.8 Å². The van der Waals surface area contributed by atoms with Gasteiger partial charge in [0.1, 0.15) is 5.76 Å². The Kier molecular flexibility index (Phi) is 5.85. The first-order valence-electron chi connectivity index (χ1n) is 11.3. The number of thiazole rings is 1. The second-order valence-electron chi connectivity index (χ2n) is 8.54. The van der Waals surface area contributed by atoms with Crippen LogP contribution < -0.4 is 4.90 Å². The molecule has 5 rings (SSSR count). The molecule has 0 spiro atoms. The lowest BCUT2D eigenvalue weighted by Gasteiger charge is -2.23. The largest absolute Gasteiger partial charge is 0.507 e. The molecule has 180 valence electrons. The van der Waals surface area contributed by atoms with Gasteiger partial charge in [-0.3, -0.25) is 24.6 Å². The fourth-order valence-electron chi connectivity index (χ4n) is 4.39. The summed E-state index contributed by atoms with van der Waals surface area (Å²) in [6.07, 6.45) is 0.847. The molecule has 4 aromatic rings. The molecule has 1 atom stereocenters. The molecule has 1 saturated heterocycles. The maximum atomic E-state index is 13.4. The summed E-state index contributed by atoms with van der Waals surface area (Å²) in [6, 6.07) is 17.6. The maximum Gasteiger partial charge on any atom is 0.301 e. The number of fused-ring (bicyclic) bond motifs is 1. The van der Waals surface area contributed by atoms with Crippen LogP contribution in [0.1, 0.15) is 35.2 Å². The number of aromatic nitrogens is 1. The molecule has 1 aliphatic heterocycles. The number of carbonyl (C=O) groups excluding carboxylic acids is 2. The van der Waals surface area contributed by atoms with E-state index in [9.17, 15) is 24.8 Å². The van der Waals surface area contributed by atoms with Crippen LogP contribution in [0.15, 0.2) is 72.3 Å². The second-order valence-corrected chi connectivity index (χ2v) is 9.55. The van der Waals surface area contributed by atoms with Gasteiger partial charge in [0.25, 0.3) is 11.5 Å². The number of amides is 1. The van der Waals surface area contributed by atoms with Crippen molar-refractivity contribution in [1.82, 2.24) is 4.98 Å². The molecule has 9 heteroatoms. The summed E-state index contributed by atoms with van der Waals surface area (Å²) in [5.74, 6) is -2.16. The van der Waals surface area contributed by atoms with Crippen molar-refractivity contribution in [2.45, 2.75) is 26.3 Å². The molecule has 1 amide bonds. The topological polar surface area (TPSA) is 114 Å². The zero-order chi connectivity index (χ0) is 25.6. The number of aliphatic hydroxyl groups excluding tert-OH is 1. The van der Waals surface area contributed by atoms with E-state index in [4.69, 9.17) is 0 Å². The Balaban J connectivity index is 1.73. The van der Waals surface area contributed by atoms with Gasteiger partial charge in [0, 0.05) is 17.7 Å². The van der Waals surface area contributed by atoms with Crippen LogP contribution in [0.4, 0.5) is 10.8 Å². The number of anilines is 1. The summed E-state index contributed by atoms with van der Waals surface area (Å²) < 4.78 is 0.882. The van der Waals surface area contributed by atoms with E-state index < -0.39 is 28.4 Å². The van der Waals surface area contributed by atoms with Crippen LogP contribution in [0.3, 0.4) is 0 Å². The van der Waals surface area contributed by atoms with E-state index >= 15 is 0 Å². The molecule has 36 heavy (non-hydrogen) atoms. The number of rotatable bonds is 5. The molecule has 8 nitrogen and oxygen atoms in total. The smallest absolute Gasteiger partial charge is 0.301 e. The van der Waals surface area contributed by atoms with Crippen molar-refractivity contribution in [3.8, 4) is 0 Å². The Morgan fingerprint density at radius 2 is 1.89 bits per heavy atom. The van der Waals surface area contributed by atoms with Crippen LogP contribution in [-0.2, 0) is 16.0 Å². The number of ketones is 1. The van der Waals surface area contributed by atoms with Gasteiger partial charge in [-0.25, -0.2) is 4.98 Å². The minimum absolute atomic E-state index is 0.0803. The number of aryl methyl sites for hydroxylation is 2. The van der Waals surface area contributed by atoms with Crippen LogP contribution in [0.2, 0.25) is 0 Å². The van der Waals surface area contributed by atoms with E-state index in [1.54, 1.807) is 6.07 Å². The monoisotopic (exact) mass is 499 g/mol. The van der Waals surface area contributed by atoms with E-state index in [2.05, 4.69) is 4.98 Å². The second kappa shape index (κ2) is 9.01. The molecule has 1 N–H and O–H groups in total. The molecule has 1 unspecified atom stereocenters. The van der Waals surface area contributed by atoms with Crippen molar-refractivity contribution in [3.05, 3.63) is 105 Å². The lowest BCUT2D eigenvalue weighted by atomic mass is 9.94. The van der Waals surface area contributed by atoms with Gasteiger partial charge in [0.05, 0.1) is 26.8 Å². The number of nitro benzene ring substituents is 1. The number of carbonyl (C=O) groups is 2. The quantitative estimate of drug-likeness (QED) is 0.124. The number of nitro groups is 1. The van der Waals surface area contributed by atoms with Crippen molar-refractivity contribution >= 4 is 49.8 Å². The third-order valence-electron chi connectivity index (χ3n) is 6.19. The number of benzene rings is 3. The van der Waals surface area contributed by atoms with Gasteiger partial charge in [-0.1, -0.05) is 66.3 Å². The summed E-state index contributed by atoms with van der Waals surface area (Å²) >= 11 is 1.30. The standard InChI is InChI=1S/C27H21N3O5S/c1-3-16-10-11-20-21(13-16)36-27(28-20)29-23(17-7-4-6-15(2)12-17)22(25(32)26(29)33)24(31)18-8-5-9-19(14-18)30(34)35/h4-14,23,31H,3H2,1-2H3/b24-22+. The van der Waals surface area contributed by atoms with Crippen LogP contribution in [0.25, 0.3) is 16.0 Å². The first-order chi connectivity index (χ1) is 17.3. The maximum absolute atomic E-state index is 13.4. The van der Waals surface area contributed by atoms with E-state index in [1.165, 1.54) is 40.5 Å². The number of hydrogen-bond donors (Lipinski definition) is 1. The molecule has 0 aliphatic carbocycles. The third-order valence-corrected chi connectivity index (χ3v) is 7.21. The molecule has 1 fully saturated rings. The highest BCUT2D eigenvalue weighted by molar-refractivity contribution is 7.22. The fourth-order valence-corrected chi connectivity index (χ4v) is 5.44. The Labute approximate surface area is 210 Å². The normalized spacial score (nSPS) is 17.2. The van der Waals surface area contributed by atoms with Crippen LogP contribution in [0.5, 0.6) is 0 Å². The summed E-state index contributed by atoms with van der Waals surface area (Å²) in [5.41, 5.74) is 3.06.